The summed E-state index contributed by atoms with van der Waals surface area (Å²) in [6.45, 7) is 0.268. The fourth-order valence-corrected chi connectivity index (χ4v) is 5.07. The van der Waals surface area contributed by atoms with Crippen LogP contribution in [0, 0.1) is 11.8 Å². The number of hydrogen-bond acceptors (Lipinski definition) is 5. The number of rotatable bonds is 6. The molecule has 0 aliphatic heterocycles. The Morgan fingerprint density at radius 3 is 2.43 bits per heavy atom. The Balaban J connectivity index is 1.40. The van der Waals surface area contributed by atoms with Crippen LogP contribution in [0.1, 0.15) is 55.8 Å². The van der Waals surface area contributed by atoms with Gasteiger partial charge in [-0.2, -0.15) is 0 Å². The van der Waals surface area contributed by atoms with Gasteiger partial charge < -0.3 is 19.7 Å². The quantitative estimate of drug-likeness (QED) is 0.697. The van der Waals surface area contributed by atoms with Crippen molar-refractivity contribution < 1.29 is 27.2 Å². The monoisotopic (exact) mass is 422 g/mol. The van der Waals surface area contributed by atoms with Gasteiger partial charge in [0.25, 0.3) is 0 Å². The number of fused-ring (bicyclic) bond motifs is 2. The molecule has 0 spiro atoms. The second-order valence-corrected chi connectivity index (χ2v) is 8.77. The van der Waals surface area contributed by atoms with Crippen LogP contribution in [0.2, 0.25) is 0 Å². The number of ether oxygens (including phenoxy) is 2. The predicted octanol–water partition coefficient (Wildman–Crippen LogP) is 5.15. The Hall–Kier alpha value is -2.06. The SMILES string of the molecule is N[C@H]1[C@@H]2CC[C@H]1C[C@H](OCc1c(-c3ccccc3OC(F)(F)F)noc1C1CC1)C2. The highest BCUT2D eigenvalue weighted by Gasteiger charge is 2.41. The van der Waals surface area contributed by atoms with E-state index < -0.39 is 6.36 Å². The van der Waals surface area contributed by atoms with Crippen molar-refractivity contribution in [3.8, 4) is 17.0 Å². The average molecular weight is 422 g/mol. The summed E-state index contributed by atoms with van der Waals surface area (Å²) in [5.74, 6) is 1.70. The number of alkyl halides is 3. The summed E-state index contributed by atoms with van der Waals surface area (Å²) < 4.78 is 54.7. The van der Waals surface area contributed by atoms with E-state index in [1.165, 1.54) is 12.1 Å². The zero-order chi connectivity index (χ0) is 20.9. The van der Waals surface area contributed by atoms with E-state index in [1.54, 1.807) is 12.1 Å². The molecule has 3 saturated carbocycles. The van der Waals surface area contributed by atoms with Crippen LogP contribution in [-0.2, 0) is 11.3 Å². The molecule has 0 radical (unpaired) electrons. The van der Waals surface area contributed by atoms with Crippen molar-refractivity contribution in [2.75, 3.05) is 0 Å². The van der Waals surface area contributed by atoms with Gasteiger partial charge in [-0.25, -0.2) is 0 Å². The third-order valence-electron chi connectivity index (χ3n) is 6.73. The largest absolute Gasteiger partial charge is 0.573 e. The molecule has 5 nitrogen and oxygen atoms in total. The summed E-state index contributed by atoms with van der Waals surface area (Å²) in [7, 11) is 0. The zero-order valence-corrected chi connectivity index (χ0v) is 16.5. The third kappa shape index (κ3) is 3.95. The Kier molecular flexibility index (Phi) is 5.01. The maximum Gasteiger partial charge on any atom is 0.573 e. The zero-order valence-electron chi connectivity index (χ0n) is 16.5. The maximum atomic E-state index is 12.9. The van der Waals surface area contributed by atoms with Crippen molar-refractivity contribution in [2.24, 2.45) is 17.6 Å². The fraction of sp³-hybridized carbons (Fsp3) is 0.591. The molecule has 3 aliphatic rings. The normalized spacial score (nSPS) is 28.7. The number of halogens is 3. The topological polar surface area (TPSA) is 70.5 Å². The average Bonchev–Trinajstić information content (AvgIpc) is 3.42. The molecule has 0 saturated heterocycles. The standard InChI is InChI=1S/C22H25F3N2O3/c23-22(24,25)29-18-4-2-1-3-16(18)20-17(21(30-27-20)12-5-6-12)11-28-15-9-13-7-8-14(10-15)19(13)26/h1-4,12-15,19H,5-11,26H2/t13-,14+,15-,19+. The number of hydrogen-bond donors (Lipinski definition) is 1. The molecule has 30 heavy (non-hydrogen) atoms. The smallest absolute Gasteiger partial charge is 0.405 e. The van der Waals surface area contributed by atoms with Gasteiger partial charge >= 0.3 is 6.36 Å². The molecular formula is C22H25F3N2O3. The summed E-state index contributed by atoms with van der Waals surface area (Å²) in [6, 6.07) is 6.29. The Labute approximate surface area is 172 Å². The van der Waals surface area contributed by atoms with E-state index in [2.05, 4.69) is 9.89 Å². The first-order valence-electron chi connectivity index (χ1n) is 10.6. The first-order chi connectivity index (χ1) is 14.4. The minimum atomic E-state index is -4.78. The van der Waals surface area contributed by atoms with E-state index in [9.17, 15) is 13.2 Å². The molecule has 162 valence electrons. The lowest BCUT2D eigenvalue weighted by molar-refractivity contribution is -0.274. The first kappa shape index (κ1) is 19.9. The molecular weight excluding hydrogens is 397 g/mol. The van der Waals surface area contributed by atoms with Gasteiger partial charge in [0.1, 0.15) is 17.2 Å². The van der Waals surface area contributed by atoms with Gasteiger partial charge in [-0.15, -0.1) is 13.2 Å². The molecule has 1 heterocycles. The Morgan fingerprint density at radius 2 is 1.77 bits per heavy atom. The van der Waals surface area contributed by atoms with Gasteiger partial charge in [0.2, 0.25) is 0 Å². The Bertz CT molecular complexity index is 895. The van der Waals surface area contributed by atoms with Crippen LogP contribution in [0.5, 0.6) is 5.75 Å². The van der Waals surface area contributed by atoms with Gasteiger partial charge in [-0.1, -0.05) is 17.3 Å². The van der Waals surface area contributed by atoms with Crippen molar-refractivity contribution in [1.82, 2.24) is 5.16 Å². The van der Waals surface area contributed by atoms with Gasteiger partial charge in [0.15, 0.2) is 0 Å². The Morgan fingerprint density at radius 1 is 1.07 bits per heavy atom. The van der Waals surface area contributed by atoms with Gasteiger partial charge in [0, 0.05) is 23.1 Å². The molecule has 2 bridgehead atoms. The number of nitrogens with zero attached hydrogens (tertiary/aromatic N) is 1. The fourth-order valence-electron chi connectivity index (χ4n) is 5.07. The molecule has 1 aromatic heterocycles. The van der Waals surface area contributed by atoms with E-state index in [-0.39, 0.29) is 36.0 Å². The summed E-state index contributed by atoms with van der Waals surface area (Å²) in [5, 5.41) is 4.13. The molecule has 2 N–H and O–H groups in total. The van der Waals surface area contributed by atoms with Crippen LogP contribution < -0.4 is 10.5 Å². The maximum absolute atomic E-state index is 12.9. The number of nitrogens with two attached hydrogens (primary N) is 1. The first-order valence-corrected chi connectivity index (χ1v) is 10.6. The molecule has 0 unspecified atom stereocenters. The minimum absolute atomic E-state index is 0.110. The highest BCUT2D eigenvalue weighted by atomic mass is 19.4. The summed E-state index contributed by atoms with van der Waals surface area (Å²) >= 11 is 0. The van der Waals surface area contributed by atoms with E-state index in [0.29, 0.717) is 17.5 Å². The number of aromatic nitrogens is 1. The van der Waals surface area contributed by atoms with E-state index in [1.807, 2.05) is 0 Å². The van der Waals surface area contributed by atoms with Crippen LogP contribution in [0.15, 0.2) is 28.8 Å². The minimum Gasteiger partial charge on any atom is -0.405 e. The molecule has 3 aliphatic carbocycles. The van der Waals surface area contributed by atoms with E-state index >= 15 is 0 Å². The predicted molar refractivity (Wildman–Crippen MR) is 103 cm³/mol. The molecule has 2 aromatic rings. The van der Waals surface area contributed by atoms with Gasteiger partial charge in [-0.05, 0) is 62.5 Å². The second kappa shape index (κ2) is 7.57. The van der Waals surface area contributed by atoms with Crippen molar-refractivity contribution in [3.05, 3.63) is 35.6 Å². The van der Waals surface area contributed by atoms with E-state index in [0.717, 1.165) is 49.8 Å². The molecule has 0 amide bonds. The van der Waals surface area contributed by atoms with Crippen LogP contribution >= 0.6 is 0 Å². The van der Waals surface area contributed by atoms with Crippen molar-refractivity contribution in [1.29, 1.82) is 0 Å². The van der Waals surface area contributed by atoms with Crippen molar-refractivity contribution in [3.63, 3.8) is 0 Å². The third-order valence-corrected chi connectivity index (χ3v) is 6.73. The van der Waals surface area contributed by atoms with Crippen LogP contribution in [0.25, 0.3) is 11.3 Å². The molecule has 8 heteroatoms. The highest BCUT2D eigenvalue weighted by molar-refractivity contribution is 5.70. The highest BCUT2D eigenvalue weighted by Crippen LogP contribution is 2.47. The van der Waals surface area contributed by atoms with Crippen molar-refractivity contribution >= 4 is 0 Å². The van der Waals surface area contributed by atoms with Crippen LogP contribution in [-0.4, -0.2) is 23.7 Å². The van der Waals surface area contributed by atoms with Gasteiger partial charge in [0.05, 0.1) is 12.7 Å². The van der Waals surface area contributed by atoms with E-state index in [4.69, 9.17) is 15.0 Å². The lowest BCUT2D eigenvalue weighted by Gasteiger charge is -2.33. The molecule has 4 atom stereocenters. The lowest BCUT2D eigenvalue weighted by atomic mass is 9.83. The summed E-state index contributed by atoms with van der Waals surface area (Å²) in [6.07, 6.45) is 1.49. The second-order valence-electron chi connectivity index (χ2n) is 8.77. The number of para-hydroxylation sites is 1. The lowest BCUT2D eigenvalue weighted by Crippen LogP contribution is -2.40. The molecule has 5 rings (SSSR count). The van der Waals surface area contributed by atoms with Crippen molar-refractivity contribution in [2.45, 2.75) is 69.6 Å². The van der Waals surface area contributed by atoms with Gasteiger partial charge in [-0.3, -0.25) is 0 Å². The number of benzene rings is 1. The summed E-state index contributed by atoms with van der Waals surface area (Å²) in [5.41, 5.74) is 7.65. The summed E-state index contributed by atoms with van der Waals surface area (Å²) in [4.78, 5) is 0. The molecule has 1 aromatic carbocycles. The molecule has 3 fully saturated rings. The van der Waals surface area contributed by atoms with Crippen LogP contribution in [0.4, 0.5) is 13.2 Å². The van der Waals surface area contributed by atoms with Crippen LogP contribution in [0.3, 0.4) is 0 Å².